The van der Waals surface area contributed by atoms with Crippen LogP contribution in [0.5, 0.6) is 5.75 Å². The highest BCUT2D eigenvalue weighted by atomic mass is 35.5. The number of benzene rings is 3. The van der Waals surface area contributed by atoms with Gasteiger partial charge in [-0.1, -0.05) is 60.7 Å². The maximum Gasteiger partial charge on any atom is 0.339 e. The molecule has 0 heterocycles. The van der Waals surface area contributed by atoms with Gasteiger partial charge in [0, 0.05) is 12.1 Å². The lowest BCUT2D eigenvalue weighted by molar-refractivity contribution is 0.0690. The van der Waals surface area contributed by atoms with Crippen molar-refractivity contribution < 1.29 is 19.7 Å². The zero-order chi connectivity index (χ0) is 24.0. The SMILES string of the molecule is CC(C)Oc1cc(-c2ccc(CC(C)(C)NC[C@H](O)c3ccccc3)cc2)ccc1C(=O)O.Cl. The van der Waals surface area contributed by atoms with Crippen LogP contribution < -0.4 is 10.1 Å². The number of rotatable bonds is 10. The lowest BCUT2D eigenvalue weighted by atomic mass is 9.93. The van der Waals surface area contributed by atoms with Crippen LogP contribution in [0.3, 0.4) is 0 Å². The van der Waals surface area contributed by atoms with E-state index in [2.05, 4.69) is 31.3 Å². The van der Waals surface area contributed by atoms with Gasteiger partial charge in [-0.15, -0.1) is 12.4 Å². The second kappa shape index (κ2) is 12.0. The van der Waals surface area contributed by atoms with Crippen molar-refractivity contribution in [3.8, 4) is 16.9 Å². The monoisotopic (exact) mass is 483 g/mol. The van der Waals surface area contributed by atoms with E-state index in [1.807, 2.05) is 62.4 Å². The number of carbonyl (C=O) groups is 1. The molecular formula is C28H34ClNO4. The van der Waals surface area contributed by atoms with E-state index in [-0.39, 0.29) is 29.6 Å². The smallest absolute Gasteiger partial charge is 0.339 e. The standard InChI is InChI=1S/C28H33NO4.ClH/c1-19(2)33-26-16-23(14-15-24(26)27(31)32)21-12-10-20(11-13-21)17-28(3,4)29-18-25(30)22-8-6-5-7-9-22;/h5-16,19,25,29-30H,17-18H2,1-4H3,(H,31,32);1H/t25-;/m0./s1. The number of carboxylic acid groups (broad SMARTS) is 1. The van der Waals surface area contributed by atoms with Gasteiger partial charge in [-0.25, -0.2) is 4.79 Å². The van der Waals surface area contributed by atoms with E-state index in [9.17, 15) is 15.0 Å². The number of aromatic carboxylic acids is 1. The summed E-state index contributed by atoms with van der Waals surface area (Å²) in [6, 6.07) is 23.1. The Balaban J connectivity index is 0.00000408. The van der Waals surface area contributed by atoms with E-state index in [0.29, 0.717) is 12.3 Å². The molecule has 3 aromatic carbocycles. The normalized spacial score (nSPS) is 12.2. The molecule has 0 radical (unpaired) electrons. The summed E-state index contributed by atoms with van der Waals surface area (Å²) >= 11 is 0. The number of aliphatic hydroxyl groups is 1. The molecule has 0 amide bonds. The Kier molecular flexibility index (Phi) is 9.68. The van der Waals surface area contributed by atoms with E-state index in [0.717, 1.165) is 23.1 Å². The molecule has 0 aliphatic carbocycles. The van der Waals surface area contributed by atoms with Gasteiger partial charge in [0.05, 0.1) is 12.2 Å². The minimum Gasteiger partial charge on any atom is -0.490 e. The predicted molar refractivity (Wildman–Crippen MR) is 139 cm³/mol. The van der Waals surface area contributed by atoms with Crippen LogP contribution in [0.4, 0.5) is 0 Å². The molecule has 0 aromatic heterocycles. The van der Waals surface area contributed by atoms with Gasteiger partial charge in [-0.05, 0) is 68.5 Å². The van der Waals surface area contributed by atoms with Gasteiger partial charge in [0.15, 0.2) is 0 Å². The molecule has 182 valence electrons. The lowest BCUT2D eigenvalue weighted by Crippen LogP contribution is -2.43. The summed E-state index contributed by atoms with van der Waals surface area (Å²) in [7, 11) is 0. The number of β-amino-alcohol motifs (C(OH)–C–C–N with tert-alkyl or cyclic N) is 1. The first-order valence-corrected chi connectivity index (χ1v) is 11.3. The quantitative estimate of drug-likeness (QED) is 0.334. The molecule has 0 saturated carbocycles. The lowest BCUT2D eigenvalue weighted by Gasteiger charge is -2.28. The number of ether oxygens (including phenoxy) is 1. The Bertz CT molecular complexity index is 1070. The number of hydrogen-bond donors (Lipinski definition) is 3. The Morgan fingerprint density at radius 2 is 1.59 bits per heavy atom. The minimum absolute atomic E-state index is 0. The van der Waals surface area contributed by atoms with Crippen LogP contribution in [-0.4, -0.2) is 34.4 Å². The molecule has 6 heteroatoms. The first kappa shape index (κ1) is 27.4. The van der Waals surface area contributed by atoms with Gasteiger partial charge in [0.1, 0.15) is 11.3 Å². The average Bonchev–Trinajstić information content (AvgIpc) is 2.78. The summed E-state index contributed by atoms with van der Waals surface area (Å²) in [4.78, 5) is 11.5. The molecule has 3 aromatic rings. The molecule has 5 nitrogen and oxygen atoms in total. The van der Waals surface area contributed by atoms with Crippen molar-refractivity contribution in [3.63, 3.8) is 0 Å². The van der Waals surface area contributed by atoms with Gasteiger partial charge in [-0.2, -0.15) is 0 Å². The Morgan fingerprint density at radius 3 is 2.18 bits per heavy atom. The summed E-state index contributed by atoms with van der Waals surface area (Å²) in [5.41, 5.74) is 3.94. The molecule has 0 bridgehead atoms. The molecule has 0 unspecified atom stereocenters. The van der Waals surface area contributed by atoms with E-state index in [1.54, 1.807) is 12.1 Å². The molecule has 34 heavy (non-hydrogen) atoms. The van der Waals surface area contributed by atoms with E-state index < -0.39 is 12.1 Å². The number of carboxylic acids is 1. The summed E-state index contributed by atoms with van der Waals surface area (Å²) in [6.45, 7) is 8.48. The van der Waals surface area contributed by atoms with Crippen LogP contribution in [-0.2, 0) is 6.42 Å². The number of aliphatic hydroxyl groups excluding tert-OH is 1. The Morgan fingerprint density at radius 1 is 0.971 bits per heavy atom. The van der Waals surface area contributed by atoms with Gasteiger partial charge in [-0.3, -0.25) is 0 Å². The number of hydrogen-bond acceptors (Lipinski definition) is 4. The van der Waals surface area contributed by atoms with Crippen molar-refractivity contribution in [2.75, 3.05) is 6.54 Å². The fourth-order valence-corrected chi connectivity index (χ4v) is 3.78. The van der Waals surface area contributed by atoms with Gasteiger partial charge in [0.25, 0.3) is 0 Å². The molecule has 0 aliphatic heterocycles. The summed E-state index contributed by atoms with van der Waals surface area (Å²) in [5.74, 6) is -0.624. The van der Waals surface area contributed by atoms with Crippen LogP contribution in [0.25, 0.3) is 11.1 Å². The van der Waals surface area contributed by atoms with Crippen LogP contribution in [0.2, 0.25) is 0 Å². The van der Waals surface area contributed by atoms with E-state index in [1.165, 1.54) is 5.56 Å². The second-order valence-corrected chi connectivity index (χ2v) is 9.25. The van der Waals surface area contributed by atoms with Crippen molar-refractivity contribution >= 4 is 18.4 Å². The largest absolute Gasteiger partial charge is 0.490 e. The van der Waals surface area contributed by atoms with Crippen molar-refractivity contribution in [3.05, 3.63) is 89.5 Å². The van der Waals surface area contributed by atoms with Gasteiger partial charge < -0.3 is 20.3 Å². The zero-order valence-corrected chi connectivity index (χ0v) is 20.9. The fourth-order valence-electron chi connectivity index (χ4n) is 3.78. The Labute approximate surface area is 208 Å². The predicted octanol–water partition coefficient (Wildman–Crippen LogP) is 5.91. The molecule has 0 fully saturated rings. The highest BCUT2D eigenvalue weighted by Crippen LogP contribution is 2.29. The molecule has 1 atom stereocenters. The average molecular weight is 484 g/mol. The fraction of sp³-hybridized carbons (Fsp3) is 0.321. The minimum atomic E-state index is -1.00. The topological polar surface area (TPSA) is 78.8 Å². The molecule has 3 N–H and O–H groups in total. The summed E-state index contributed by atoms with van der Waals surface area (Å²) < 4.78 is 5.73. The number of halogens is 1. The van der Waals surface area contributed by atoms with Crippen LogP contribution in [0, 0.1) is 0 Å². The first-order valence-electron chi connectivity index (χ1n) is 11.3. The Hall–Kier alpha value is -2.86. The molecule has 3 rings (SSSR count). The van der Waals surface area contributed by atoms with Crippen LogP contribution in [0.15, 0.2) is 72.8 Å². The van der Waals surface area contributed by atoms with Crippen molar-refractivity contribution in [1.29, 1.82) is 0 Å². The summed E-state index contributed by atoms with van der Waals surface area (Å²) in [6.07, 6.45) is 0.133. The van der Waals surface area contributed by atoms with Crippen molar-refractivity contribution in [2.45, 2.75) is 51.9 Å². The molecule has 0 spiro atoms. The highest BCUT2D eigenvalue weighted by molar-refractivity contribution is 5.92. The van der Waals surface area contributed by atoms with Crippen LogP contribution >= 0.6 is 12.4 Å². The summed E-state index contributed by atoms with van der Waals surface area (Å²) in [5, 5.41) is 23.3. The van der Waals surface area contributed by atoms with Crippen molar-refractivity contribution in [2.24, 2.45) is 0 Å². The molecular weight excluding hydrogens is 450 g/mol. The van der Waals surface area contributed by atoms with E-state index in [4.69, 9.17) is 4.74 Å². The van der Waals surface area contributed by atoms with E-state index >= 15 is 0 Å². The van der Waals surface area contributed by atoms with Gasteiger partial charge >= 0.3 is 5.97 Å². The highest BCUT2D eigenvalue weighted by Gasteiger charge is 2.20. The number of nitrogens with one attached hydrogen (secondary N) is 1. The maximum atomic E-state index is 11.5. The third-order valence-electron chi connectivity index (χ3n) is 5.47. The molecule has 0 aliphatic rings. The third-order valence-corrected chi connectivity index (χ3v) is 5.47. The van der Waals surface area contributed by atoms with Crippen molar-refractivity contribution in [1.82, 2.24) is 5.32 Å². The third kappa shape index (κ3) is 7.59. The molecule has 0 saturated heterocycles. The first-order chi connectivity index (χ1) is 15.6. The zero-order valence-electron chi connectivity index (χ0n) is 20.1. The maximum absolute atomic E-state index is 11.5. The van der Waals surface area contributed by atoms with Crippen LogP contribution in [0.1, 0.15) is 55.3 Å². The van der Waals surface area contributed by atoms with Gasteiger partial charge in [0.2, 0.25) is 0 Å². The second-order valence-electron chi connectivity index (χ2n) is 9.25.